The predicted molar refractivity (Wildman–Crippen MR) is 93.7 cm³/mol. The molecule has 1 aliphatic carbocycles. The molecule has 0 nitrogen and oxygen atoms in total. The molecule has 1 aliphatic rings. The fraction of sp³-hybridized carbons (Fsp3) is 0.619. The SMILES string of the molecule is CCCCCCCCC/C(C)=C/[C@@H]1C[C@@H]1c1ccccc1. The number of unbranched alkanes of at least 4 members (excludes halogenated alkanes) is 6. The zero-order valence-corrected chi connectivity index (χ0v) is 14.0. The number of benzene rings is 1. The lowest BCUT2D eigenvalue weighted by Crippen LogP contribution is -1.84. The summed E-state index contributed by atoms with van der Waals surface area (Å²) in [7, 11) is 0. The Morgan fingerprint density at radius 1 is 1.00 bits per heavy atom. The molecule has 0 heteroatoms. The molecule has 0 spiro atoms. The van der Waals surface area contributed by atoms with Crippen molar-refractivity contribution in [2.45, 2.75) is 77.6 Å². The largest absolute Gasteiger partial charge is 0.0819 e. The van der Waals surface area contributed by atoms with Crippen LogP contribution in [0.3, 0.4) is 0 Å². The van der Waals surface area contributed by atoms with Crippen LogP contribution in [0.2, 0.25) is 0 Å². The van der Waals surface area contributed by atoms with Gasteiger partial charge in [0, 0.05) is 0 Å². The quantitative estimate of drug-likeness (QED) is 0.324. The molecule has 1 aromatic rings. The summed E-state index contributed by atoms with van der Waals surface area (Å²) >= 11 is 0. The first kappa shape index (κ1) is 16.3. The summed E-state index contributed by atoms with van der Waals surface area (Å²) in [5.41, 5.74) is 3.15. The van der Waals surface area contributed by atoms with Gasteiger partial charge in [-0.2, -0.15) is 0 Å². The maximum Gasteiger partial charge on any atom is -0.00929 e. The molecule has 0 aliphatic heterocycles. The summed E-state index contributed by atoms with van der Waals surface area (Å²) in [5.74, 6) is 1.62. The molecule has 1 aromatic carbocycles. The van der Waals surface area contributed by atoms with E-state index in [1.807, 2.05) is 0 Å². The second-order valence-corrected chi connectivity index (χ2v) is 6.80. The summed E-state index contributed by atoms with van der Waals surface area (Å²) in [5, 5.41) is 0. The van der Waals surface area contributed by atoms with Gasteiger partial charge in [-0.1, -0.05) is 87.4 Å². The lowest BCUT2D eigenvalue weighted by molar-refractivity contribution is 0.588. The molecule has 0 heterocycles. The fourth-order valence-electron chi connectivity index (χ4n) is 3.29. The standard InChI is InChI=1S/C21H32/c1-3-4-5-6-7-8-10-13-18(2)16-20-17-21(20)19-14-11-9-12-15-19/h9,11-12,14-16,20-21H,3-8,10,13,17H2,1-2H3/b18-16+/t20-,21-/m1/s1. The normalized spacial score (nSPS) is 21.5. The van der Waals surface area contributed by atoms with E-state index in [4.69, 9.17) is 0 Å². The van der Waals surface area contributed by atoms with Crippen molar-refractivity contribution in [3.63, 3.8) is 0 Å². The monoisotopic (exact) mass is 284 g/mol. The molecule has 0 bridgehead atoms. The highest BCUT2D eigenvalue weighted by atomic mass is 14.4. The van der Waals surface area contributed by atoms with Crippen LogP contribution in [0, 0.1) is 5.92 Å². The number of hydrogen-bond donors (Lipinski definition) is 0. The molecule has 2 rings (SSSR count). The second-order valence-electron chi connectivity index (χ2n) is 6.80. The van der Waals surface area contributed by atoms with Gasteiger partial charge in [-0.25, -0.2) is 0 Å². The summed E-state index contributed by atoms with van der Waals surface area (Å²) in [6.07, 6.45) is 15.1. The Balaban J connectivity index is 1.58. The molecule has 0 N–H and O–H groups in total. The molecule has 1 fully saturated rings. The van der Waals surface area contributed by atoms with Gasteiger partial charge >= 0.3 is 0 Å². The fourth-order valence-corrected chi connectivity index (χ4v) is 3.29. The van der Waals surface area contributed by atoms with Crippen LogP contribution < -0.4 is 0 Å². The van der Waals surface area contributed by atoms with Gasteiger partial charge in [0.25, 0.3) is 0 Å². The van der Waals surface area contributed by atoms with Crippen LogP contribution in [-0.2, 0) is 0 Å². The molecule has 0 radical (unpaired) electrons. The van der Waals surface area contributed by atoms with E-state index >= 15 is 0 Å². The first-order chi connectivity index (χ1) is 10.3. The smallest absolute Gasteiger partial charge is 0.00929 e. The molecule has 116 valence electrons. The van der Waals surface area contributed by atoms with Gasteiger partial charge in [-0.3, -0.25) is 0 Å². The van der Waals surface area contributed by atoms with Crippen molar-refractivity contribution in [2.24, 2.45) is 5.92 Å². The maximum atomic E-state index is 2.55. The van der Waals surface area contributed by atoms with Crippen LogP contribution in [0.15, 0.2) is 42.0 Å². The zero-order chi connectivity index (χ0) is 14.9. The van der Waals surface area contributed by atoms with Crippen LogP contribution in [0.1, 0.15) is 83.1 Å². The van der Waals surface area contributed by atoms with Gasteiger partial charge in [0.1, 0.15) is 0 Å². The van der Waals surface area contributed by atoms with Crippen molar-refractivity contribution in [3.8, 4) is 0 Å². The third kappa shape index (κ3) is 6.08. The van der Waals surface area contributed by atoms with Crippen molar-refractivity contribution >= 4 is 0 Å². The average Bonchev–Trinajstić information content (AvgIpc) is 3.26. The minimum Gasteiger partial charge on any atom is -0.0819 e. The van der Waals surface area contributed by atoms with Gasteiger partial charge in [0.05, 0.1) is 0 Å². The predicted octanol–water partition coefficient (Wildman–Crippen LogP) is 6.88. The van der Waals surface area contributed by atoms with E-state index in [2.05, 4.69) is 50.3 Å². The van der Waals surface area contributed by atoms with Gasteiger partial charge in [0.15, 0.2) is 0 Å². The topological polar surface area (TPSA) is 0 Å². The highest BCUT2D eigenvalue weighted by Crippen LogP contribution is 2.48. The molecule has 21 heavy (non-hydrogen) atoms. The molecular formula is C21H32. The highest BCUT2D eigenvalue weighted by molar-refractivity contribution is 5.29. The lowest BCUT2D eigenvalue weighted by Gasteiger charge is -2.03. The highest BCUT2D eigenvalue weighted by Gasteiger charge is 2.36. The Bertz CT molecular complexity index is 415. The van der Waals surface area contributed by atoms with Crippen LogP contribution in [-0.4, -0.2) is 0 Å². The number of rotatable bonds is 10. The van der Waals surface area contributed by atoms with Crippen LogP contribution in [0.5, 0.6) is 0 Å². The van der Waals surface area contributed by atoms with E-state index < -0.39 is 0 Å². The first-order valence-corrected chi connectivity index (χ1v) is 9.03. The molecule has 1 saturated carbocycles. The minimum absolute atomic E-state index is 0.801. The molecule has 0 unspecified atom stereocenters. The Morgan fingerprint density at radius 3 is 2.38 bits per heavy atom. The zero-order valence-electron chi connectivity index (χ0n) is 14.0. The molecular weight excluding hydrogens is 252 g/mol. The van der Waals surface area contributed by atoms with Crippen LogP contribution >= 0.6 is 0 Å². The lowest BCUT2D eigenvalue weighted by atomic mass is 10.0. The van der Waals surface area contributed by atoms with Crippen molar-refractivity contribution in [1.82, 2.24) is 0 Å². The van der Waals surface area contributed by atoms with Crippen molar-refractivity contribution < 1.29 is 0 Å². The summed E-state index contributed by atoms with van der Waals surface area (Å²) in [6.45, 7) is 4.62. The van der Waals surface area contributed by atoms with Crippen LogP contribution in [0.25, 0.3) is 0 Å². The summed E-state index contributed by atoms with van der Waals surface area (Å²) < 4.78 is 0. The van der Waals surface area contributed by atoms with E-state index in [0.717, 1.165) is 11.8 Å². The first-order valence-electron chi connectivity index (χ1n) is 9.03. The third-order valence-corrected chi connectivity index (χ3v) is 4.74. The molecule has 0 aromatic heterocycles. The van der Waals surface area contributed by atoms with Crippen molar-refractivity contribution in [2.75, 3.05) is 0 Å². The summed E-state index contributed by atoms with van der Waals surface area (Å²) in [4.78, 5) is 0. The Hall–Kier alpha value is -1.04. The Morgan fingerprint density at radius 2 is 1.67 bits per heavy atom. The average molecular weight is 284 g/mol. The number of allylic oxidation sites excluding steroid dienone is 2. The van der Waals surface area contributed by atoms with Crippen molar-refractivity contribution in [3.05, 3.63) is 47.5 Å². The molecule has 0 amide bonds. The number of hydrogen-bond acceptors (Lipinski definition) is 0. The Labute approximate surface area is 131 Å². The Kier molecular flexibility index (Phi) is 7.06. The van der Waals surface area contributed by atoms with E-state index in [9.17, 15) is 0 Å². The molecule has 2 atom stereocenters. The van der Waals surface area contributed by atoms with Gasteiger partial charge in [0.2, 0.25) is 0 Å². The van der Waals surface area contributed by atoms with E-state index in [1.165, 1.54) is 63.4 Å². The van der Waals surface area contributed by atoms with E-state index in [-0.39, 0.29) is 0 Å². The van der Waals surface area contributed by atoms with E-state index in [1.54, 1.807) is 5.57 Å². The van der Waals surface area contributed by atoms with Crippen molar-refractivity contribution in [1.29, 1.82) is 0 Å². The maximum absolute atomic E-state index is 2.55. The van der Waals surface area contributed by atoms with Crippen LogP contribution in [0.4, 0.5) is 0 Å². The minimum atomic E-state index is 0.801. The third-order valence-electron chi connectivity index (χ3n) is 4.74. The van der Waals surface area contributed by atoms with Gasteiger partial charge < -0.3 is 0 Å². The molecule has 0 saturated heterocycles. The summed E-state index contributed by atoms with van der Waals surface area (Å²) in [6, 6.07) is 11.0. The second kappa shape index (κ2) is 9.07. The van der Waals surface area contributed by atoms with E-state index in [0.29, 0.717) is 0 Å². The van der Waals surface area contributed by atoms with Gasteiger partial charge in [-0.05, 0) is 43.6 Å². The van der Waals surface area contributed by atoms with Gasteiger partial charge in [-0.15, -0.1) is 0 Å².